The Bertz CT molecular complexity index is 368. The first kappa shape index (κ1) is 15.3. The largest absolute Gasteiger partial charge is 0.365 e. The molecule has 0 spiro atoms. The van der Waals surface area contributed by atoms with Crippen molar-refractivity contribution >= 4 is 5.91 Å². The van der Waals surface area contributed by atoms with Crippen LogP contribution in [-0.4, -0.2) is 60.1 Å². The van der Waals surface area contributed by atoms with E-state index in [4.69, 9.17) is 4.74 Å². The van der Waals surface area contributed by atoms with Gasteiger partial charge in [0.1, 0.15) is 6.10 Å². The van der Waals surface area contributed by atoms with E-state index in [1.165, 1.54) is 25.7 Å². The third-order valence-corrected chi connectivity index (χ3v) is 5.77. The Morgan fingerprint density at radius 1 is 1.14 bits per heavy atom. The van der Waals surface area contributed by atoms with Crippen LogP contribution < -0.4 is 0 Å². The summed E-state index contributed by atoms with van der Waals surface area (Å²) in [7, 11) is 2.22. The van der Waals surface area contributed by atoms with Gasteiger partial charge in [-0.15, -0.1) is 0 Å². The van der Waals surface area contributed by atoms with Gasteiger partial charge in [0, 0.05) is 25.2 Å². The van der Waals surface area contributed by atoms with E-state index in [1.807, 2.05) is 0 Å². The molecule has 1 aliphatic carbocycles. The molecule has 2 aliphatic heterocycles. The number of likely N-dealkylation sites (N-methyl/N-ethyl adjacent to an activating group) is 1. The van der Waals surface area contributed by atoms with Crippen LogP contribution in [0.15, 0.2) is 0 Å². The highest BCUT2D eigenvalue weighted by Crippen LogP contribution is 2.29. The average molecular weight is 294 g/mol. The highest BCUT2D eigenvalue weighted by molar-refractivity contribution is 5.81. The second-order valence-electron chi connectivity index (χ2n) is 7.06. The molecular formula is C17H30N2O2. The molecule has 3 rings (SSSR count). The summed E-state index contributed by atoms with van der Waals surface area (Å²) in [5.74, 6) is 0.241. The number of hydrogen-bond donors (Lipinski definition) is 0. The molecule has 4 nitrogen and oxygen atoms in total. The van der Waals surface area contributed by atoms with E-state index in [-0.39, 0.29) is 12.0 Å². The highest BCUT2D eigenvalue weighted by atomic mass is 16.5. The van der Waals surface area contributed by atoms with Gasteiger partial charge in [-0.2, -0.15) is 0 Å². The smallest absolute Gasteiger partial charge is 0.251 e. The van der Waals surface area contributed by atoms with Gasteiger partial charge < -0.3 is 9.64 Å². The number of fused-ring (bicyclic) bond motifs is 2. The van der Waals surface area contributed by atoms with Crippen LogP contribution in [0.3, 0.4) is 0 Å². The number of likely N-dealkylation sites (tertiary alicyclic amines) is 1. The number of hydrogen-bond acceptors (Lipinski definition) is 3. The Kier molecular flexibility index (Phi) is 4.85. The fourth-order valence-electron chi connectivity index (χ4n) is 4.30. The maximum atomic E-state index is 12.8. The zero-order valence-electron chi connectivity index (χ0n) is 13.6. The zero-order chi connectivity index (χ0) is 14.8. The van der Waals surface area contributed by atoms with Crippen molar-refractivity contribution in [3.63, 3.8) is 0 Å². The number of ether oxygens (including phenoxy) is 1. The summed E-state index contributed by atoms with van der Waals surface area (Å²) in [6.07, 6.45) is 9.37. The summed E-state index contributed by atoms with van der Waals surface area (Å²) in [5, 5.41) is 0. The van der Waals surface area contributed by atoms with Crippen molar-refractivity contribution in [3.05, 3.63) is 0 Å². The van der Waals surface area contributed by atoms with Crippen LogP contribution in [0.5, 0.6) is 0 Å². The lowest BCUT2D eigenvalue weighted by Gasteiger charge is -2.30. The molecule has 4 heteroatoms. The molecule has 3 fully saturated rings. The Hall–Kier alpha value is -0.610. The minimum atomic E-state index is -0.213. The van der Waals surface area contributed by atoms with Crippen LogP contribution in [-0.2, 0) is 9.53 Å². The van der Waals surface area contributed by atoms with E-state index in [1.54, 1.807) is 0 Å². The van der Waals surface area contributed by atoms with Crippen molar-refractivity contribution < 1.29 is 9.53 Å². The SMILES string of the molecule is CCC(OC1CCCC1)C(=O)N1CCC2CCC(C1)N2C. The predicted molar refractivity (Wildman–Crippen MR) is 83.2 cm³/mol. The molecule has 0 aromatic heterocycles. The van der Waals surface area contributed by atoms with E-state index in [9.17, 15) is 4.79 Å². The molecule has 2 bridgehead atoms. The maximum absolute atomic E-state index is 12.8. The van der Waals surface area contributed by atoms with Crippen molar-refractivity contribution in [2.24, 2.45) is 0 Å². The van der Waals surface area contributed by atoms with Gasteiger partial charge in [-0.3, -0.25) is 9.69 Å². The van der Waals surface area contributed by atoms with Crippen LogP contribution >= 0.6 is 0 Å². The van der Waals surface area contributed by atoms with Gasteiger partial charge in [0.15, 0.2) is 0 Å². The number of rotatable bonds is 4. The van der Waals surface area contributed by atoms with Crippen molar-refractivity contribution in [2.75, 3.05) is 20.1 Å². The molecule has 3 unspecified atom stereocenters. The third-order valence-electron chi connectivity index (χ3n) is 5.77. The lowest BCUT2D eigenvalue weighted by atomic mass is 10.1. The summed E-state index contributed by atoms with van der Waals surface area (Å²) in [4.78, 5) is 17.4. The molecule has 1 saturated carbocycles. The molecule has 120 valence electrons. The molecule has 2 saturated heterocycles. The molecule has 3 atom stereocenters. The zero-order valence-corrected chi connectivity index (χ0v) is 13.6. The van der Waals surface area contributed by atoms with Gasteiger partial charge in [0.2, 0.25) is 0 Å². The number of carbonyl (C=O) groups excluding carboxylic acids is 1. The second-order valence-corrected chi connectivity index (χ2v) is 7.06. The molecule has 1 amide bonds. The van der Waals surface area contributed by atoms with Gasteiger partial charge >= 0.3 is 0 Å². The molecule has 0 aromatic carbocycles. The predicted octanol–water partition coefficient (Wildman–Crippen LogP) is 2.42. The van der Waals surface area contributed by atoms with Crippen LogP contribution in [0.1, 0.15) is 58.3 Å². The molecule has 0 N–H and O–H groups in total. The molecule has 3 aliphatic rings. The first-order valence-corrected chi connectivity index (χ1v) is 8.85. The van der Waals surface area contributed by atoms with Gasteiger partial charge in [0.25, 0.3) is 5.91 Å². The van der Waals surface area contributed by atoms with E-state index in [2.05, 4.69) is 23.8 Å². The minimum Gasteiger partial charge on any atom is -0.365 e. The van der Waals surface area contributed by atoms with Crippen molar-refractivity contribution in [2.45, 2.75) is 82.6 Å². The number of carbonyl (C=O) groups is 1. The second kappa shape index (κ2) is 6.66. The van der Waals surface area contributed by atoms with Crippen LogP contribution in [0, 0.1) is 0 Å². The van der Waals surface area contributed by atoms with E-state index < -0.39 is 0 Å². The molecule has 21 heavy (non-hydrogen) atoms. The standard InChI is InChI=1S/C17H30N2O2/c1-3-16(21-15-6-4-5-7-15)17(20)19-11-10-13-8-9-14(12-19)18(13)2/h13-16H,3-12H2,1-2H3. The Balaban J connectivity index is 1.60. The summed E-state index contributed by atoms with van der Waals surface area (Å²) >= 11 is 0. The van der Waals surface area contributed by atoms with E-state index in [0.29, 0.717) is 18.2 Å². The molecule has 2 heterocycles. The molecular weight excluding hydrogens is 264 g/mol. The Labute approximate surface area is 128 Å². The Morgan fingerprint density at radius 2 is 1.86 bits per heavy atom. The fraction of sp³-hybridized carbons (Fsp3) is 0.941. The Morgan fingerprint density at radius 3 is 2.57 bits per heavy atom. The third kappa shape index (κ3) is 3.26. The van der Waals surface area contributed by atoms with Gasteiger partial charge in [-0.05, 0) is 45.6 Å². The van der Waals surface area contributed by atoms with Crippen LogP contribution in [0.2, 0.25) is 0 Å². The lowest BCUT2D eigenvalue weighted by Crippen LogP contribution is -2.45. The number of amides is 1. The highest BCUT2D eigenvalue weighted by Gasteiger charge is 2.37. The van der Waals surface area contributed by atoms with Crippen LogP contribution in [0.25, 0.3) is 0 Å². The summed E-state index contributed by atoms with van der Waals surface area (Å²) < 4.78 is 6.12. The number of nitrogens with zero attached hydrogens (tertiary/aromatic N) is 2. The monoisotopic (exact) mass is 294 g/mol. The van der Waals surface area contributed by atoms with Crippen molar-refractivity contribution in [3.8, 4) is 0 Å². The van der Waals surface area contributed by atoms with Gasteiger partial charge in [0.05, 0.1) is 6.10 Å². The van der Waals surface area contributed by atoms with Crippen molar-refractivity contribution in [1.82, 2.24) is 9.80 Å². The topological polar surface area (TPSA) is 32.8 Å². The summed E-state index contributed by atoms with van der Waals surface area (Å²) in [5.41, 5.74) is 0. The van der Waals surface area contributed by atoms with E-state index >= 15 is 0 Å². The van der Waals surface area contributed by atoms with Gasteiger partial charge in [-0.1, -0.05) is 19.8 Å². The summed E-state index contributed by atoms with van der Waals surface area (Å²) in [6.45, 7) is 3.89. The maximum Gasteiger partial charge on any atom is 0.251 e. The van der Waals surface area contributed by atoms with Crippen molar-refractivity contribution in [1.29, 1.82) is 0 Å². The first-order valence-electron chi connectivity index (χ1n) is 8.85. The first-order chi connectivity index (χ1) is 10.2. The molecule has 0 aromatic rings. The normalized spacial score (nSPS) is 32.4. The van der Waals surface area contributed by atoms with Gasteiger partial charge in [-0.25, -0.2) is 0 Å². The molecule has 0 radical (unpaired) electrons. The quantitative estimate of drug-likeness (QED) is 0.798. The van der Waals surface area contributed by atoms with Crippen LogP contribution in [0.4, 0.5) is 0 Å². The summed E-state index contributed by atoms with van der Waals surface area (Å²) in [6, 6.07) is 1.24. The van der Waals surface area contributed by atoms with E-state index in [0.717, 1.165) is 38.8 Å². The lowest BCUT2D eigenvalue weighted by molar-refractivity contribution is -0.148. The minimum absolute atomic E-state index is 0.213. The average Bonchev–Trinajstić information content (AvgIpc) is 3.05. The fourth-order valence-corrected chi connectivity index (χ4v) is 4.30.